The molecule has 0 aromatic heterocycles. The van der Waals surface area contributed by atoms with Crippen molar-refractivity contribution in [2.75, 3.05) is 7.05 Å². The number of benzene rings is 1. The molecule has 0 heterocycles. The van der Waals surface area contributed by atoms with Crippen molar-refractivity contribution in [1.29, 1.82) is 0 Å². The second-order valence-electron chi connectivity index (χ2n) is 3.99. The second kappa shape index (κ2) is 6.53. The summed E-state index contributed by atoms with van der Waals surface area (Å²) in [4.78, 5) is 11.2. The summed E-state index contributed by atoms with van der Waals surface area (Å²) in [6.45, 7) is -0.137. The monoisotopic (exact) mass is 276 g/mol. The number of nitrogens with one attached hydrogen (secondary N) is 2. The Labute approximate surface area is 108 Å². The van der Waals surface area contributed by atoms with Crippen LogP contribution in [0.5, 0.6) is 0 Å². The lowest BCUT2D eigenvalue weighted by atomic mass is 10.1. The van der Waals surface area contributed by atoms with E-state index in [9.17, 15) is 18.0 Å². The summed E-state index contributed by atoms with van der Waals surface area (Å²) in [5, 5.41) is 13.2. The Bertz CT molecular complexity index is 435. The molecule has 1 rings (SSSR count). The number of halogens is 3. The predicted molar refractivity (Wildman–Crippen MR) is 63.1 cm³/mol. The standard InChI is InChI=1S/C12H15F3N2O2/c1-16-10(18)6-8-3-2-4-9(5-8)7-17-11(19)12(13,14)15/h2-5,11,17,19H,6-7H2,1H3,(H,16,18). The molecule has 0 spiro atoms. The molecule has 106 valence electrons. The zero-order valence-corrected chi connectivity index (χ0v) is 10.3. The molecule has 0 bridgehead atoms. The molecule has 3 N–H and O–H groups in total. The van der Waals surface area contributed by atoms with Gasteiger partial charge >= 0.3 is 6.18 Å². The first-order chi connectivity index (χ1) is 8.82. The number of hydrogen-bond acceptors (Lipinski definition) is 3. The fraction of sp³-hybridized carbons (Fsp3) is 0.417. The largest absolute Gasteiger partial charge is 0.427 e. The van der Waals surface area contributed by atoms with Crippen LogP contribution in [0.25, 0.3) is 0 Å². The summed E-state index contributed by atoms with van der Waals surface area (Å²) in [7, 11) is 1.51. The molecule has 1 aromatic carbocycles. The van der Waals surface area contributed by atoms with Crippen molar-refractivity contribution < 1.29 is 23.1 Å². The van der Waals surface area contributed by atoms with Gasteiger partial charge in [-0.15, -0.1) is 0 Å². The van der Waals surface area contributed by atoms with Crippen LogP contribution in [0, 0.1) is 0 Å². The number of alkyl halides is 3. The lowest BCUT2D eigenvalue weighted by Crippen LogP contribution is -2.41. The van der Waals surface area contributed by atoms with Gasteiger partial charge in [-0.25, -0.2) is 0 Å². The van der Waals surface area contributed by atoms with Crippen LogP contribution in [0.15, 0.2) is 24.3 Å². The minimum atomic E-state index is -4.69. The Hall–Kier alpha value is -1.60. The molecule has 19 heavy (non-hydrogen) atoms. The lowest BCUT2D eigenvalue weighted by Gasteiger charge is -2.16. The molecule has 1 unspecified atom stereocenters. The van der Waals surface area contributed by atoms with Gasteiger partial charge in [-0.1, -0.05) is 24.3 Å². The molecular formula is C12H15F3N2O2. The maximum absolute atomic E-state index is 12.1. The predicted octanol–water partition coefficient (Wildman–Crippen LogP) is 0.945. The van der Waals surface area contributed by atoms with Gasteiger partial charge < -0.3 is 10.4 Å². The van der Waals surface area contributed by atoms with Gasteiger partial charge in [0.2, 0.25) is 12.1 Å². The molecule has 0 radical (unpaired) electrons. The highest BCUT2D eigenvalue weighted by molar-refractivity contribution is 5.78. The third-order valence-electron chi connectivity index (χ3n) is 2.44. The third-order valence-corrected chi connectivity index (χ3v) is 2.44. The van der Waals surface area contributed by atoms with E-state index in [-0.39, 0.29) is 18.9 Å². The average molecular weight is 276 g/mol. The maximum Gasteiger partial charge on any atom is 0.427 e. The van der Waals surface area contributed by atoms with Crippen LogP contribution in [0.4, 0.5) is 13.2 Å². The lowest BCUT2D eigenvalue weighted by molar-refractivity contribution is -0.213. The number of likely N-dealkylation sites (N-methyl/N-ethyl adjacent to an activating group) is 1. The fourth-order valence-corrected chi connectivity index (χ4v) is 1.45. The Kier molecular flexibility index (Phi) is 5.31. The van der Waals surface area contributed by atoms with Crippen LogP contribution < -0.4 is 10.6 Å². The molecule has 1 amide bonds. The summed E-state index contributed by atoms with van der Waals surface area (Å²) in [5.41, 5.74) is 1.25. The Morgan fingerprint density at radius 1 is 1.37 bits per heavy atom. The van der Waals surface area contributed by atoms with Crippen LogP contribution in [-0.2, 0) is 17.8 Å². The smallest absolute Gasteiger partial charge is 0.370 e. The van der Waals surface area contributed by atoms with E-state index in [1.54, 1.807) is 24.3 Å². The zero-order chi connectivity index (χ0) is 14.5. The number of aliphatic hydroxyl groups excluding tert-OH is 1. The van der Waals surface area contributed by atoms with Crippen molar-refractivity contribution in [1.82, 2.24) is 10.6 Å². The average Bonchev–Trinajstić information content (AvgIpc) is 2.35. The third kappa shape index (κ3) is 5.27. The van der Waals surface area contributed by atoms with E-state index < -0.39 is 12.4 Å². The van der Waals surface area contributed by atoms with E-state index in [1.807, 2.05) is 5.32 Å². The van der Waals surface area contributed by atoms with E-state index in [1.165, 1.54) is 7.05 Å². The summed E-state index contributed by atoms with van der Waals surface area (Å²) in [6, 6.07) is 6.59. The van der Waals surface area contributed by atoms with Crippen LogP contribution in [0.1, 0.15) is 11.1 Å². The number of carbonyl (C=O) groups excluding carboxylic acids is 1. The van der Waals surface area contributed by atoms with E-state index >= 15 is 0 Å². The summed E-state index contributed by atoms with van der Waals surface area (Å²) < 4.78 is 36.3. The van der Waals surface area contributed by atoms with Gasteiger partial charge in [0, 0.05) is 13.6 Å². The highest BCUT2D eigenvalue weighted by atomic mass is 19.4. The minimum Gasteiger partial charge on any atom is -0.370 e. The van der Waals surface area contributed by atoms with Crippen LogP contribution >= 0.6 is 0 Å². The molecule has 0 aliphatic carbocycles. The maximum atomic E-state index is 12.1. The van der Waals surface area contributed by atoms with Gasteiger partial charge in [0.25, 0.3) is 0 Å². The Balaban J connectivity index is 2.60. The molecular weight excluding hydrogens is 261 g/mol. The normalized spacial score (nSPS) is 13.1. The molecule has 0 saturated heterocycles. The van der Waals surface area contributed by atoms with E-state index in [0.29, 0.717) is 11.1 Å². The number of amides is 1. The van der Waals surface area contributed by atoms with E-state index in [2.05, 4.69) is 5.32 Å². The minimum absolute atomic E-state index is 0.137. The van der Waals surface area contributed by atoms with Gasteiger partial charge in [0.05, 0.1) is 6.42 Å². The first-order valence-electron chi connectivity index (χ1n) is 5.59. The molecule has 4 nitrogen and oxygen atoms in total. The van der Waals surface area contributed by atoms with Crippen LogP contribution in [-0.4, -0.2) is 30.5 Å². The zero-order valence-electron chi connectivity index (χ0n) is 10.3. The summed E-state index contributed by atoms with van der Waals surface area (Å²) in [5.74, 6) is -0.180. The number of rotatable bonds is 5. The summed E-state index contributed by atoms with van der Waals surface area (Å²) in [6.07, 6.45) is -7.10. The number of hydrogen-bond donors (Lipinski definition) is 3. The van der Waals surface area contributed by atoms with Crippen LogP contribution in [0.2, 0.25) is 0 Å². The highest BCUT2D eigenvalue weighted by Gasteiger charge is 2.37. The molecule has 0 saturated carbocycles. The van der Waals surface area contributed by atoms with Crippen molar-refractivity contribution in [3.63, 3.8) is 0 Å². The van der Waals surface area contributed by atoms with Crippen molar-refractivity contribution >= 4 is 5.91 Å². The van der Waals surface area contributed by atoms with Crippen molar-refractivity contribution in [2.45, 2.75) is 25.4 Å². The Morgan fingerprint density at radius 2 is 2.00 bits per heavy atom. The topological polar surface area (TPSA) is 61.4 Å². The van der Waals surface area contributed by atoms with Crippen LogP contribution in [0.3, 0.4) is 0 Å². The highest BCUT2D eigenvalue weighted by Crippen LogP contribution is 2.18. The fourth-order valence-electron chi connectivity index (χ4n) is 1.45. The molecule has 0 fully saturated rings. The Morgan fingerprint density at radius 3 is 2.58 bits per heavy atom. The first-order valence-corrected chi connectivity index (χ1v) is 5.59. The summed E-state index contributed by atoms with van der Waals surface area (Å²) >= 11 is 0. The van der Waals surface area contributed by atoms with Gasteiger partial charge in [-0.2, -0.15) is 13.2 Å². The molecule has 0 aliphatic heterocycles. The van der Waals surface area contributed by atoms with E-state index in [0.717, 1.165) is 0 Å². The quantitative estimate of drug-likeness (QED) is 0.702. The SMILES string of the molecule is CNC(=O)Cc1cccc(CNC(O)C(F)(F)F)c1. The second-order valence-corrected chi connectivity index (χ2v) is 3.99. The number of aliphatic hydroxyl groups is 1. The molecule has 0 aliphatic rings. The van der Waals surface area contributed by atoms with E-state index in [4.69, 9.17) is 5.11 Å². The van der Waals surface area contributed by atoms with Crippen molar-refractivity contribution in [3.05, 3.63) is 35.4 Å². The van der Waals surface area contributed by atoms with Gasteiger partial charge in [0.15, 0.2) is 0 Å². The van der Waals surface area contributed by atoms with Gasteiger partial charge in [0.1, 0.15) is 0 Å². The number of carbonyl (C=O) groups is 1. The van der Waals surface area contributed by atoms with Gasteiger partial charge in [-0.05, 0) is 11.1 Å². The van der Waals surface area contributed by atoms with Gasteiger partial charge in [-0.3, -0.25) is 10.1 Å². The van der Waals surface area contributed by atoms with Crippen molar-refractivity contribution in [2.24, 2.45) is 0 Å². The van der Waals surface area contributed by atoms with Crippen molar-refractivity contribution in [3.8, 4) is 0 Å². The molecule has 1 aromatic rings. The molecule has 1 atom stereocenters. The molecule has 7 heteroatoms. The first kappa shape index (κ1) is 15.5.